The Morgan fingerprint density at radius 2 is 2.00 bits per heavy atom. The molecule has 0 saturated carbocycles. The van der Waals surface area contributed by atoms with Crippen molar-refractivity contribution >= 4 is 5.91 Å². The first-order valence-corrected chi connectivity index (χ1v) is 6.92. The van der Waals surface area contributed by atoms with Crippen LogP contribution in [0.2, 0.25) is 0 Å². The summed E-state index contributed by atoms with van der Waals surface area (Å²) in [6.07, 6.45) is 1.12. The topological polar surface area (TPSA) is 41.6 Å². The highest BCUT2D eigenvalue weighted by Gasteiger charge is 2.34. The highest BCUT2D eigenvalue weighted by molar-refractivity contribution is 5.94. The Balaban J connectivity index is 1.69. The number of fused-ring (bicyclic) bond motifs is 1. The second kappa shape index (κ2) is 5.21. The Kier molecular flexibility index (Phi) is 3.42. The molecule has 2 aliphatic heterocycles. The number of ether oxygens (including phenoxy) is 1. The van der Waals surface area contributed by atoms with Gasteiger partial charge in [-0.05, 0) is 55.6 Å². The Labute approximate surface area is 113 Å². The average Bonchev–Trinajstić information content (AvgIpc) is 2.94. The summed E-state index contributed by atoms with van der Waals surface area (Å²) in [7, 11) is 1.63. The van der Waals surface area contributed by atoms with Crippen LogP contribution < -0.4 is 10.1 Å². The minimum atomic E-state index is 0.146. The molecule has 0 aromatic heterocycles. The summed E-state index contributed by atoms with van der Waals surface area (Å²) in [4.78, 5) is 14.4. The number of amides is 1. The van der Waals surface area contributed by atoms with Crippen molar-refractivity contribution < 1.29 is 9.53 Å². The molecule has 102 valence electrons. The number of carbonyl (C=O) groups is 1. The fourth-order valence-corrected chi connectivity index (χ4v) is 3.14. The number of nitrogens with zero attached hydrogens (tertiary/aromatic N) is 1. The fraction of sp³-hybridized carbons (Fsp3) is 0.533. The third kappa shape index (κ3) is 2.45. The molecule has 0 spiro atoms. The van der Waals surface area contributed by atoms with Crippen molar-refractivity contribution in [2.24, 2.45) is 11.8 Å². The van der Waals surface area contributed by atoms with Crippen molar-refractivity contribution in [3.63, 3.8) is 0 Å². The maximum atomic E-state index is 12.5. The second-order valence-electron chi connectivity index (χ2n) is 5.45. The second-order valence-corrected chi connectivity index (χ2v) is 5.45. The summed E-state index contributed by atoms with van der Waals surface area (Å²) >= 11 is 0. The number of hydrogen-bond acceptors (Lipinski definition) is 3. The highest BCUT2D eigenvalue weighted by atomic mass is 16.5. The predicted molar refractivity (Wildman–Crippen MR) is 73.4 cm³/mol. The minimum Gasteiger partial charge on any atom is -0.497 e. The van der Waals surface area contributed by atoms with Gasteiger partial charge in [0.15, 0.2) is 0 Å². The van der Waals surface area contributed by atoms with E-state index in [2.05, 4.69) is 5.32 Å². The van der Waals surface area contributed by atoms with E-state index in [1.54, 1.807) is 7.11 Å². The molecule has 2 aliphatic rings. The van der Waals surface area contributed by atoms with Gasteiger partial charge in [0, 0.05) is 18.7 Å². The third-order valence-corrected chi connectivity index (χ3v) is 4.33. The van der Waals surface area contributed by atoms with Crippen LogP contribution in [0.25, 0.3) is 0 Å². The maximum absolute atomic E-state index is 12.5. The van der Waals surface area contributed by atoms with Crippen LogP contribution in [0.15, 0.2) is 24.3 Å². The molecule has 2 saturated heterocycles. The zero-order chi connectivity index (χ0) is 13.2. The van der Waals surface area contributed by atoms with Crippen molar-refractivity contribution in [2.45, 2.75) is 6.42 Å². The number of piperidine rings is 1. The number of hydrogen-bond donors (Lipinski definition) is 1. The number of methoxy groups -OCH3 is 1. The summed E-state index contributed by atoms with van der Waals surface area (Å²) in [6.45, 7) is 3.95. The van der Waals surface area contributed by atoms with E-state index < -0.39 is 0 Å². The van der Waals surface area contributed by atoms with E-state index in [-0.39, 0.29) is 5.91 Å². The lowest BCUT2D eigenvalue weighted by molar-refractivity contribution is 0.0642. The van der Waals surface area contributed by atoms with Gasteiger partial charge in [0.25, 0.3) is 5.91 Å². The van der Waals surface area contributed by atoms with E-state index in [1.807, 2.05) is 29.2 Å². The molecular weight excluding hydrogens is 240 g/mol. The lowest BCUT2D eigenvalue weighted by Crippen LogP contribution is -2.43. The number of rotatable bonds is 2. The molecule has 19 heavy (non-hydrogen) atoms. The van der Waals surface area contributed by atoms with Crippen LogP contribution in [-0.2, 0) is 0 Å². The molecule has 2 heterocycles. The van der Waals surface area contributed by atoms with Crippen LogP contribution in [0.4, 0.5) is 0 Å². The molecule has 4 nitrogen and oxygen atoms in total. The molecule has 0 radical (unpaired) electrons. The molecule has 2 atom stereocenters. The van der Waals surface area contributed by atoms with Gasteiger partial charge >= 0.3 is 0 Å². The van der Waals surface area contributed by atoms with Crippen LogP contribution in [0.1, 0.15) is 16.8 Å². The SMILES string of the molecule is COc1ccc(C(=O)N2CCC3CNCC3C2)cc1. The normalized spacial score (nSPS) is 26.1. The van der Waals surface area contributed by atoms with Crippen molar-refractivity contribution in [3.8, 4) is 5.75 Å². The van der Waals surface area contributed by atoms with Gasteiger partial charge in [-0.1, -0.05) is 0 Å². The lowest BCUT2D eigenvalue weighted by atomic mass is 9.88. The van der Waals surface area contributed by atoms with Gasteiger partial charge in [-0.2, -0.15) is 0 Å². The fourth-order valence-electron chi connectivity index (χ4n) is 3.14. The molecular formula is C15H20N2O2. The molecule has 1 N–H and O–H groups in total. The summed E-state index contributed by atoms with van der Waals surface area (Å²) in [5, 5.41) is 3.42. The van der Waals surface area contributed by atoms with E-state index in [1.165, 1.54) is 0 Å². The van der Waals surface area contributed by atoms with Gasteiger partial charge in [-0.25, -0.2) is 0 Å². The highest BCUT2D eigenvalue weighted by Crippen LogP contribution is 2.27. The van der Waals surface area contributed by atoms with Gasteiger partial charge in [0.2, 0.25) is 0 Å². The molecule has 1 amide bonds. The zero-order valence-corrected chi connectivity index (χ0v) is 11.3. The smallest absolute Gasteiger partial charge is 0.253 e. The van der Waals surface area contributed by atoms with Crippen LogP contribution in [0.5, 0.6) is 5.75 Å². The van der Waals surface area contributed by atoms with Crippen molar-refractivity contribution in [1.29, 1.82) is 0 Å². The van der Waals surface area contributed by atoms with Gasteiger partial charge in [0.1, 0.15) is 5.75 Å². The first-order chi connectivity index (χ1) is 9.28. The van der Waals surface area contributed by atoms with Crippen LogP contribution in [-0.4, -0.2) is 44.1 Å². The molecule has 1 aromatic carbocycles. The van der Waals surface area contributed by atoms with Crippen molar-refractivity contribution in [2.75, 3.05) is 33.3 Å². The van der Waals surface area contributed by atoms with Gasteiger partial charge in [0.05, 0.1) is 7.11 Å². The molecule has 0 aliphatic carbocycles. The maximum Gasteiger partial charge on any atom is 0.253 e. The molecule has 2 fully saturated rings. The summed E-state index contributed by atoms with van der Waals surface area (Å²) in [5.41, 5.74) is 0.755. The number of carbonyl (C=O) groups excluding carboxylic acids is 1. The lowest BCUT2D eigenvalue weighted by Gasteiger charge is -2.34. The zero-order valence-electron chi connectivity index (χ0n) is 11.3. The Morgan fingerprint density at radius 1 is 1.26 bits per heavy atom. The van der Waals surface area contributed by atoms with Crippen molar-refractivity contribution in [1.82, 2.24) is 10.2 Å². The third-order valence-electron chi connectivity index (χ3n) is 4.33. The average molecular weight is 260 g/mol. The first kappa shape index (κ1) is 12.5. The molecule has 2 unspecified atom stereocenters. The van der Waals surface area contributed by atoms with Gasteiger partial charge in [-0.15, -0.1) is 0 Å². The monoisotopic (exact) mass is 260 g/mol. The predicted octanol–water partition coefficient (Wildman–Crippen LogP) is 1.38. The summed E-state index contributed by atoms with van der Waals surface area (Å²) < 4.78 is 5.12. The van der Waals surface area contributed by atoms with E-state index in [0.717, 1.165) is 49.8 Å². The quantitative estimate of drug-likeness (QED) is 0.873. The minimum absolute atomic E-state index is 0.146. The molecule has 4 heteroatoms. The molecule has 0 bridgehead atoms. The van der Waals surface area contributed by atoms with E-state index >= 15 is 0 Å². The van der Waals surface area contributed by atoms with Gasteiger partial charge in [-0.3, -0.25) is 4.79 Å². The van der Waals surface area contributed by atoms with Crippen LogP contribution in [0, 0.1) is 11.8 Å². The molecule has 1 aromatic rings. The van der Waals surface area contributed by atoms with Crippen LogP contribution in [0.3, 0.4) is 0 Å². The number of nitrogens with one attached hydrogen (secondary N) is 1. The standard InChI is InChI=1S/C15H20N2O2/c1-19-14-4-2-11(3-5-14)15(18)17-7-6-12-8-16-9-13(12)10-17/h2-5,12-13,16H,6-10H2,1H3. The van der Waals surface area contributed by atoms with E-state index in [0.29, 0.717) is 5.92 Å². The first-order valence-electron chi connectivity index (χ1n) is 6.92. The van der Waals surface area contributed by atoms with E-state index in [9.17, 15) is 4.79 Å². The van der Waals surface area contributed by atoms with Gasteiger partial charge < -0.3 is 15.0 Å². The molecule has 3 rings (SSSR count). The van der Waals surface area contributed by atoms with E-state index in [4.69, 9.17) is 4.74 Å². The summed E-state index contributed by atoms with van der Waals surface area (Å²) in [5.74, 6) is 2.33. The number of benzene rings is 1. The summed E-state index contributed by atoms with van der Waals surface area (Å²) in [6, 6.07) is 7.38. The van der Waals surface area contributed by atoms with Crippen LogP contribution >= 0.6 is 0 Å². The Hall–Kier alpha value is -1.55. The number of likely N-dealkylation sites (tertiary alicyclic amines) is 1. The largest absolute Gasteiger partial charge is 0.497 e. The Morgan fingerprint density at radius 3 is 2.74 bits per heavy atom. The van der Waals surface area contributed by atoms with Crippen molar-refractivity contribution in [3.05, 3.63) is 29.8 Å². The Bertz CT molecular complexity index is 458.